The normalized spacial score (nSPS) is 14.7. The quantitative estimate of drug-likeness (QED) is 0.373. The van der Waals surface area contributed by atoms with Crippen LogP contribution < -0.4 is 14.8 Å². The van der Waals surface area contributed by atoms with Gasteiger partial charge in [0, 0.05) is 27.9 Å². The van der Waals surface area contributed by atoms with E-state index in [-0.39, 0.29) is 12.1 Å². The maximum absolute atomic E-state index is 13.6. The van der Waals surface area contributed by atoms with Crippen LogP contribution in [0, 0.1) is 0 Å². The molecule has 3 aromatic rings. The summed E-state index contributed by atoms with van der Waals surface area (Å²) in [5.41, 5.74) is 4.59. The van der Waals surface area contributed by atoms with Gasteiger partial charge in [0.1, 0.15) is 18.1 Å². The zero-order valence-corrected chi connectivity index (χ0v) is 21.1. The van der Waals surface area contributed by atoms with Crippen LogP contribution in [0.2, 0.25) is 0 Å². The third-order valence-electron chi connectivity index (χ3n) is 6.20. The monoisotopic (exact) mass is 493 g/mol. The van der Waals surface area contributed by atoms with Gasteiger partial charge in [0.25, 0.3) is 0 Å². The minimum absolute atomic E-state index is 0.166. The van der Waals surface area contributed by atoms with E-state index >= 15 is 0 Å². The molecule has 0 bridgehead atoms. The number of alkyl halides is 3. The highest BCUT2D eigenvalue weighted by molar-refractivity contribution is 5.88. The molecule has 0 saturated heterocycles. The van der Waals surface area contributed by atoms with E-state index in [2.05, 4.69) is 25.2 Å². The standard InChI is InChI=1S/C30H30F3NO2/c1-6-9-20-10-7-8-11-26(20)36-18-24-22(13-14-25-28(24)19(2)17-29(3,4)34-25)23-16-21(30(31,32)33)12-15-27(23)35-5/h6-17,34H,18H2,1-5H3/b9-6-. The third kappa shape index (κ3) is 5.13. The molecule has 0 aliphatic carbocycles. The summed E-state index contributed by atoms with van der Waals surface area (Å²) < 4.78 is 52.7. The second kappa shape index (κ2) is 9.76. The molecule has 3 aromatic carbocycles. The average Bonchev–Trinajstić information content (AvgIpc) is 2.81. The van der Waals surface area contributed by atoms with Gasteiger partial charge in [-0.2, -0.15) is 13.2 Å². The number of hydrogen-bond acceptors (Lipinski definition) is 3. The number of rotatable bonds is 6. The lowest BCUT2D eigenvalue weighted by atomic mass is 9.85. The van der Waals surface area contributed by atoms with Crippen molar-refractivity contribution < 1.29 is 22.6 Å². The zero-order chi connectivity index (χ0) is 26.1. The van der Waals surface area contributed by atoms with E-state index in [1.165, 1.54) is 13.2 Å². The summed E-state index contributed by atoms with van der Waals surface area (Å²) in [6.07, 6.45) is 1.55. The van der Waals surface area contributed by atoms with E-state index in [1.807, 2.05) is 62.4 Å². The molecule has 1 N–H and O–H groups in total. The first-order valence-electron chi connectivity index (χ1n) is 11.8. The van der Waals surface area contributed by atoms with E-state index in [4.69, 9.17) is 9.47 Å². The number of benzene rings is 3. The molecule has 0 fully saturated rings. The van der Waals surface area contributed by atoms with Gasteiger partial charge in [-0.3, -0.25) is 0 Å². The molecule has 0 aromatic heterocycles. The molecule has 3 nitrogen and oxygen atoms in total. The molecule has 4 rings (SSSR count). The first-order chi connectivity index (χ1) is 17.0. The van der Waals surface area contributed by atoms with E-state index < -0.39 is 11.7 Å². The summed E-state index contributed by atoms with van der Waals surface area (Å²) in [7, 11) is 1.46. The van der Waals surface area contributed by atoms with Gasteiger partial charge in [0.05, 0.1) is 18.2 Å². The Hall–Kier alpha value is -3.67. The van der Waals surface area contributed by atoms with Gasteiger partial charge >= 0.3 is 6.18 Å². The van der Waals surface area contributed by atoms with E-state index in [1.54, 1.807) is 0 Å². The number of para-hydroxylation sites is 1. The van der Waals surface area contributed by atoms with Crippen LogP contribution in [0.25, 0.3) is 22.8 Å². The van der Waals surface area contributed by atoms with Crippen LogP contribution in [-0.2, 0) is 12.8 Å². The van der Waals surface area contributed by atoms with Crippen molar-refractivity contribution in [3.63, 3.8) is 0 Å². The van der Waals surface area contributed by atoms with Crippen molar-refractivity contribution in [1.82, 2.24) is 0 Å². The molecule has 1 heterocycles. The molecular formula is C30H30F3NO2. The van der Waals surface area contributed by atoms with Gasteiger partial charge in [-0.25, -0.2) is 0 Å². The highest BCUT2D eigenvalue weighted by Crippen LogP contribution is 2.44. The van der Waals surface area contributed by atoms with Gasteiger partial charge < -0.3 is 14.8 Å². The van der Waals surface area contributed by atoms with Crippen LogP contribution in [0.1, 0.15) is 49.9 Å². The largest absolute Gasteiger partial charge is 0.496 e. The second-order valence-corrected chi connectivity index (χ2v) is 9.43. The summed E-state index contributed by atoms with van der Waals surface area (Å²) in [6, 6.07) is 15.0. The van der Waals surface area contributed by atoms with Crippen molar-refractivity contribution in [2.75, 3.05) is 12.4 Å². The van der Waals surface area contributed by atoms with Crippen molar-refractivity contribution in [2.45, 2.75) is 46.0 Å². The summed E-state index contributed by atoms with van der Waals surface area (Å²) in [6.45, 7) is 8.27. The molecule has 1 aliphatic rings. The van der Waals surface area contributed by atoms with Crippen LogP contribution in [0.4, 0.5) is 18.9 Å². The summed E-state index contributed by atoms with van der Waals surface area (Å²) in [5.74, 6) is 1.06. The van der Waals surface area contributed by atoms with Crippen molar-refractivity contribution >= 4 is 17.3 Å². The fourth-order valence-electron chi connectivity index (χ4n) is 4.78. The van der Waals surface area contributed by atoms with E-state index in [0.717, 1.165) is 40.1 Å². The number of fused-ring (bicyclic) bond motifs is 1. The van der Waals surface area contributed by atoms with Crippen molar-refractivity contribution in [2.24, 2.45) is 0 Å². The van der Waals surface area contributed by atoms with Gasteiger partial charge in [-0.05, 0) is 69.2 Å². The van der Waals surface area contributed by atoms with Crippen LogP contribution in [-0.4, -0.2) is 12.6 Å². The molecule has 36 heavy (non-hydrogen) atoms. The Kier molecular flexibility index (Phi) is 6.90. The Morgan fingerprint density at radius 2 is 1.72 bits per heavy atom. The Labute approximate surface area is 210 Å². The number of allylic oxidation sites excluding steroid dienone is 2. The van der Waals surface area contributed by atoms with Gasteiger partial charge in [0.15, 0.2) is 0 Å². The Morgan fingerprint density at radius 3 is 2.42 bits per heavy atom. The van der Waals surface area contributed by atoms with Crippen molar-refractivity contribution in [3.8, 4) is 22.6 Å². The minimum Gasteiger partial charge on any atom is -0.496 e. The molecule has 0 unspecified atom stereocenters. The average molecular weight is 494 g/mol. The first-order valence-corrected chi connectivity index (χ1v) is 11.8. The van der Waals surface area contributed by atoms with Gasteiger partial charge in [-0.1, -0.05) is 42.5 Å². The summed E-state index contributed by atoms with van der Waals surface area (Å²) in [4.78, 5) is 0. The molecule has 1 aliphatic heterocycles. The number of halogens is 3. The number of methoxy groups -OCH3 is 1. The second-order valence-electron chi connectivity index (χ2n) is 9.43. The smallest absolute Gasteiger partial charge is 0.416 e. The molecule has 0 amide bonds. The van der Waals surface area contributed by atoms with Crippen LogP contribution in [0.3, 0.4) is 0 Å². The first kappa shape index (κ1) is 25.4. The predicted octanol–water partition coefficient (Wildman–Crippen LogP) is 8.60. The summed E-state index contributed by atoms with van der Waals surface area (Å²) >= 11 is 0. The minimum atomic E-state index is -4.47. The molecule has 188 valence electrons. The lowest BCUT2D eigenvalue weighted by molar-refractivity contribution is -0.137. The highest BCUT2D eigenvalue weighted by Gasteiger charge is 2.32. The lowest BCUT2D eigenvalue weighted by Gasteiger charge is -2.33. The van der Waals surface area contributed by atoms with Crippen LogP contribution in [0.15, 0.2) is 66.7 Å². The van der Waals surface area contributed by atoms with Crippen molar-refractivity contribution in [1.29, 1.82) is 0 Å². The molecule has 0 saturated carbocycles. The van der Waals surface area contributed by atoms with Crippen LogP contribution in [0.5, 0.6) is 11.5 Å². The maximum Gasteiger partial charge on any atom is 0.416 e. The molecule has 6 heteroatoms. The zero-order valence-electron chi connectivity index (χ0n) is 21.1. The van der Waals surface area contributed by atoms with Crippen LogP contribution >= 0.6 is 0 Å². The highest BCUT2D eigenvalue weighted by atomic mass is 19.4. The van der Waals surface area contributed by atoms with Gasteiger partial charge in [-0.15, -0.1) is 0 Å². The molecule has 0 atom stereocenters. The van der Waals surface area contributed by atoms with Crippen molar-refractivity contribution in [3.05, 3.63) is 89.0 Å². The lowest BCUT2D eigenvalue weighted by Crippen LogP contribution is -2.32. The Bertz CT molecular complexity index is 1340. The maximum atomic E-state index is 13.6. The van der Waals surface area contributed by atoms with E-state index in [0.29, 0.717) is 22.6 Å². The van der Waals surface area contributed by atoms with Gasteiger partial charge in [0.2, 0.25) is 0 Å². The fourth-order valence-corrected chi connectivity index (χ4v) is 4.78. The number of nitrogens with one attached hydrogen (secondary N) is 1. The SMILES string of the molecule is C/C=C\c1ccccc1OCc1c(-c2cc(C(F)(F)F)ccc2OC)ccc2c1C(C)=CC(C)(C)N2. The number of anilines is 1. The Morgan fingerprint density at radius 1 is 0.972 bits per heavy atom. The van der Waals surface area contributed by atoms with E-state index in [9.17, 15) is 13.2 Å². The molecule has 0 radical (unpaired) electrons. The molecule has 0 spiro atoms. The Balaban J connectivity index is 1.91. The predicted molar refractivity (Wildman–Crippen MR) is 140 cm³/mol. The third-order valence-corrected chi connectivity index (χ3v) is 6.20. The topological polar surface area (TPSA) is 30.5 Å². The molecular weight excluding hydrogens is 463 g/mol. The fraction of sp³-hybridized carbons (Fsp3) is 0.267. The number of hydrogen-bond donors (Lipinski definition) is 1. The summed E-state index contributed by atoms with van der Waals surface area (Å²) in [5, 5.41) is 3.53. The number of ether oxygens (including phenoxy) is 2.